The maximum atomic E-state index is 13.2. The van der Waals surface area contributed by atoms with Crippen LogP contribution >= 0.6 is 0 Å². The van der Waals surface area contributed by atoms with Crippen molar-refractivity contribution >= 4 is 23.4 Å². The Balaban J connectivity index is 1.48. The van der Waals surface area contributed by atoms with E-state index < -0.39 is 0 Å². The molecule has 3 aromatic rings. The van der Waals surface area contributed by atoms with Crippen molar-refractivity contribution in [3.63, 3.8) is 0 Å². The number of nitrogens with zero attached hydrogens (tertiary/aromatic N) is 3. The highest BCUT2D eigenvalue weighted by Gasteiger charge is 2.29. The molecule has 1 aliphatic heterocycles. The van der Waals surface area contributed by atoms with E-state index >= 15 is 0 Å². The number of fused-ring (bicyclic) bond motifs is 1. The molecule has 1 fully saturated rings. The molecule has 35 heavy (non-hydrogen) atoms. The number of amides is 3. The lowest BCUT2D eigenvalue weighted by Crippen LogP contribution is -2.37. The number of benzene rings is 1. The summed E-state index contributed by atoms with van der Waals surface area (Å²) in [7, 11) is 0. The summed E-state index contributed by atoms with van der Waals surface area (Å²) in [6.07, 6.45) is 3.31. The Bertz CT molecular complexity index is 1200. The molecule has 0 bridgehead atoms. The molecule has 3 amide bonds. The molecule has 2 aromatic heterocycles. The molecule has 8 heteroatoms. The molecular weight excluding hydrogens is 442 g/mol. The Kier molecular flexibility index (Phi) is 7.48. The van der Waals surface area contributed by atoms with Gasteiger partial charge in [-0.2, -0.15) is 0 Å². The molecule has 1 saturated heterocycles. The van der Waals surface area contributed by atoms with E-state index in [1.807, 2.05) is 18.2 Å². The number of hydrogen-bond donors (Lipinski definition) is 2. The number of imidazole rings is 1. The van der Waals surface area contributed by atoms with Crippen molar-refractivity contribution in [2.45, 2.75) is 45.6 Å². The fourth-order valence-electron chi connectivity index (χ4n) is 4.75. The molecular formula is C27H33N5O3. The van der Waals surface area contributed by atoms with Crippen molar-refractivity contribution in [1.82, 2.24) is 24.9 Å². The first-order chi connectivity index (χ1) is 16.8. The molecule has 3 heterocycles. The third kappa shape index (κ3) is 5.88. The number of carbonyl (C=O) groups is 3. The standard InChI is InChI=1S/C27H33N5O3/c1-18(2)14-21(20-8-5-4-6-9-20)15-28-26(34)24-10-7-11-25-30-23(17-32(24)25)27(35)31-13-12-22(16-31)29-19(3)33/h4-11,17-18,21-22H,12-16H2,1-3H3,(H,28,34)(H,29,33). The van der Waals surface area contributed by atoms with Crippen LogP contribution in [-0.2, 0) is 4.79 Å². The first-order valence-corrected chi connectivity index (χ1v) is 12.2. The summed E-state index contributed by atoms with van der Waals surface area (Å²) in [4.78, 5) is 43.7. The zero-order valence-corrected chi connectivity index (χ0v) is 20.5. The summed E-state index contributed by atoms with van der Waals surface area (Å²) in [5.41, 5.74) is 2.47. The van der Waals surface area contributed by atoms with E-state index in [4.69, 9.17) is 0 Å². The van der Waals surface area contributed by atoms with Crippen LogP contribution in [0.1, 0.15) is 66.1 Å². The predicted molar refractivity (Wildman–Crippen MR) is 134 cm³/mol. The van der Waals surface area contributed by atoms with Gasteiger partial charge in [-0.3, -0.25) is 18.8 Å². The summed E-state index contributed by atoms with van der Waals surface area (Å²) >= 11 is 0. The number of aromatic nitrogens is 2. The summed E-state index contributed by atoms with van der Waals surface area (Å²) in [5, 5.41) is 5.95. The van der Waals surface area contributed by atoms with Gasteiger partial charge >= 0.3 is 0 Å². The van der Waals surface area contributed by atoms with E-state index in [-0.39, 0.29) is 35.4 Å². The number of nitrogens with one attached hydrogen (secondary N) is 2. The van der Waals surface area contributed by atoms with E-state index in [1.165, 1.54) is 12.5 Å². The highest BCUT2D eigenvalue weighted by molar-refractivity contribution is 5.95. The van der Waals surface area contributed by atoms with Crippen molar-refractivity contribution in [3.05, 3.63) is 71.7 Å². The molecule has 0 spiro atoms. The van der Waals surface area contributed by atoms with E-state index in [9.17, 15) is 14.4 Å². The molecule has 0 saturated carbocycles. The van der Waals surface area contributed by atoms with Crippen LogP contribution in [-0.4, -0.2) is 57.7 Å². The van der Waals surface area contributed by atoms with Gasteiger partial charge < -0.3 is 15.5 Å². The molecule has 1 aliphatic rings. The second-order valence-corrected chi connectivity index (χ2v) is 9.65. The normalized spacial score (nSPS) is 16.5. The van der Waals surface area contributed by atoms with Gasteiger partial charge in [-0.15, -0.1) is 0 Å². The fraction of sp³-hybridized carbons (Fsp3) is 0.407. The van der Waals surface area contributed by atoms with Crippen molar-refractivity contribution in [2.75, 3.05) is 19.6 Å². The third-order valence-electron chi connectivity index (χ3n) is 6.36. The van der Waals surface area contributed by atoms with Crippen molar-refractivity contribution < 1.29 is 14.4 Å². The van der Waals surface area contributed by atoms with Gasteiger partial charge in [-0.1, -0.05) is 50.2 Å². The van der Waals surface area contributed by atoms with Crippen LogP contribution in [0, 0.1) is 5.92 Å². The molecule has 184 valence electrons. The minimum atomic E-state index is -0.205. The Morgan fingerprint density at radius 3 is 2.57 bits per heavy atom. The molecule has 4 rings (SSSR count). The maximum Gasteiger partial charge on any atom is 0.274 e. The summed E-state index contributed by atoms with van der Waals surface area (Å²) in [6, 6.07) is 15.5. The van der Waals surface area contributed by atoms with Crippen LogP contribution in [0.5, 0.6) is 0 Å². The molecule has 2 atom stereocenters. The van der Waals surface area contributed by atoms with Crippen LogP contribution in [0.4, 0.5) is 0 Å². The zero-order valence-electron chi connectivity index (χ0n) is 20.5. The second-order valence-electron chi connectivity index (χ2n) is 9.65. The van der Waals surface area contributed by atoms with E-state index in [2.05, 4.69) is 41.6 Å². The van der Waals surface area contributed by atoms with Crippen LogP contribution < -0.4 is 10.6 Å². The van der Waals surface area contributed by atoms with Gasteiger partial charge in [0.25, 0.3) is 11.8 Å². The monoisotopic (exact) mass is 475 g/mol. The summed E-state index contributed by atoms with van der Waals surface area (Å²) in [6.45, 7) is 7.38. The number of carbonyl (C=O) groups excluding carboxylic acids is 3. The van der Waals surface area contributed by atoms with Gasteiger partial charge in [0.2, 0.25) is 5.91 Å². The predicted octanol–water partition coefficient (Wildman–Crippen LogP) is 3.24. The van der Waals surface area contributed by atoms with Gasteiger partial charge in [-0.05, 0) is 36.5 Å². The van der Waals surface area contributed by atoms with Crippen molar-refractivity contribution in [1.29, 1.82) is 0 Å². The van der Waals surface area contributed by atoms with Crippen LogP contribution in [0.25, 0.3) is 5.65 Å². The maximum absolute atomic E-state index is 13.2. The second kappa shape index (κ2) is 10.7. The van der Waals surface area contributed by atoms with E-state index in [0.29, 0.717) is 43.3 Å². The van der Waals surface area contributed by atoms with Gasteiger partial charge in [-0.25, -0.2) is 4.98 Å². The van der Waals surface area contributed by atoms with Gasteiger partial charge in [0.1, 0.15) is 17.0 Å². The average molecular weight is 476 g/mol. The van der Waals surface area contributed by atoms with E-state index in [1.54, 1.807) is 33.7 Å². The van der Waals surface area contributed by atoms with Crippen LogP contribution in [0.3, 0.4) is 0 Å². The first kappa shape index (κ1) is 24.4. The minimum Gasteiger partial charge on any atom is -0.352 e. The van der Waals surface area contributed by atoms with Gasteiger partial charge in [0.15, 0.2) is 0 Å². The lowest BCUT2D eigenvalue weighted by atomic mass is 9.90. The largest absolute Gasteiger partial charge is 0.352 e. The average Bonchev–Trinajstić information content (AvgIpc) is 3.48. The number of likely N-dealkylation sites (tertiary alicyclic amines) is 1. The molecule has 0 radical (unpaired) electrons. The Labute approximate surface area is 205 Å². The van der Waals surface area contributed by atoms with Crippen molar-refractivity contribution in [3.8, 4) is 0 Å². The van der Waals surface area contributed by atoms with Crippen LogP contribution in [0.15, 0.2) is 54.7 Å². The quantitative estimate of drug-likeness (QED) is 0.523. The zero-order chi connectivity index (χ0) is 24.9. The lowest BCUT2D eigenvalue weighted by Gasteiger charge is -2.20. The highest BCUT2D eigenvalue weighted by atomic mass is 16.2. The van der Waals surface area contributed by atoms with Crippen molar-refractivity contribution in [2.24, 2.45) is 5.92 Å². The number of pyridine rings is 1. The van der Waals surface area contributed by atoms with E-state index in [0.717, 1.165) is 6.42 Å². The number of rotatable bonds is 8. The fourth-order valence-corrected chi connectivity index (χ4v) is 4.75. The smallest absolute Gasteiger partial charge is 0.274 e. The summed E-state index contributed by atoms with van der Waals surface area (Å²) in [5.74, 6) is 0.206. The molecule has 8 nitrogen and oxygen atoms in total. The molecule has 1 aromatic carbocycles. The topological polar surface area (TPSA) is 95.8 Å². The van der Waals surface area contributed by atoms with Gasteiger partial charge in [0.05, 0.1) is 0 Å². The van der Waals surface area contributed by atoms with Gasteiger partial charge in [0, 0.05) is 44.7 Å². The Hall–Kier alpha value is -3.68. The first-order valence-electron chi connectivity index (χ1n) is 12.2. The third-order valence-corrected chi connectivity index (χ3v) is 6.36. The lowest BCUT2D eigenvalue weighted by molar-refractivity contribution is -0.119. The Morgan fingerprint density at radius 2 is 1.86 bits per heavy atom. The molecule has 2 N–H and O–H groups in total. The number of hydrogen-bond acceptors (Lipinski definition) is 4. The SMILES string of the molecule is CC(=O)NC1CCN(C(=O)c2cn3c(C(=O)NCC(CC(C)C)c4ccccc4)cccc3n2)C1. The minimum absolute atomic E-state index is 0.0433. The Morgan fingerprint density at radius 1 is 1.09 bits per heavy atom. The summed E-state index contributed by atoms with van der Waals surface area (Å²) < 4.78 is 1.67. The molecule has 0 aliphatic carbocycles. The van der Waals surface area contributed by atoms with Crippen LogP contribution in [0.2, 0.25) is 0 Å². The highest BCUT2D eigenvalue weighted by Crippen LogP contribution is 2.23. The molecule has 2 unspecified atom stereocenters.